The molecule has 0 bridgehead atoms. The number of rotatable bonds is 8. The molecule has 2 heteroatoms. The highest BCUT2D eigenvalue weighted by atomic mass is 16.5. The zero-order valence-corrected chi connectivity index (χ0v) is 12.3. The maximum absolute atomic E-state index is 6.14. The van der Waals surface area contributed by atoms with Crippen molar-refractivity contribution in [3.63, 3.8) is 0 Å². The molecule has 0 aromatic heterocycles. The third-order valence-electron chi connectivity index (χ3n) is 3.77. The summed E-state index contributed by atoms with van der Waals surface area (Å²) in [5, 5.41) is 0. The second kappa shape index (κ2) is 7.28. The van der Waals surface area contributed by atoms with E-state index in [0.29, 0.717) is 0 Å². The molecular formula is C19H22O2. The smallest absolute Gasteiger partial charge is 0.126 e. The molecule has 0 saturated heterocycles. The van der Waals surface area contributed by atoms with Crippen LogP contribution in [0.3, 0.4) is 0 Å². The molecule has 2 nitrogen and oxygen atoms in total. The van der Waals surface area contributed by atoms with Crippen molar-refractivity contribution in [3.8, 4) is 5.75 Å². The van der Waals surface area contributed by atoms with Gasteiger partial charge in [0.2, 0.25) is 0 Å². The van der Waals surface area contributed by atoms with Gasteiger partial charge >= 0.3 is 0 Å². The monoisotopic (exact) mass is 282 g/mol. The van der Waals surface area contributed by atoms with E-state index in [-0.39, 0.29) is 6.10 Å². The number of hydrogen-bond donors (Lipinski definition) is 0. The number of benzene rings is 2. The summed E-state index contributed by atoms with van der Waals surface area (Å²) in [6.07, 6.45) is 3.60. The van der Waals surface area contributed by atoms with Gasteiger partial charge in [-0.2, -0.15) is 0 Å². The van der Waals surface area contributed by atoms with Crippen molar-refractivity contribution in [1.29, 1.82) is 0 Å². The minimum Gasteiger partial charge on any atom is -0.486 e. The number of hydrogen-bond acceptors (Lipinski definition) is 2. The molecule has 1 saturated carbocycles. The van der Waals surface area contributed by atoms with Crippen molar-refractivity contribution in [1.82, 2.24) is 0 Å². The van der Waals surface area contributed by atoms with Crippen LogP contribution in [0, 0.1) is 5.92 Å². The van der Waals surface area contributed by atoms with Gasteiger partial charge in [-0.05, 0) is 36.5 Å². The Morgan fingerprint density at radius 1 is 0.905 bits per heavy atom. The van der Waals surface area contributed by atoms with E-state index in [2.05, 4.69) is 24.3 Å². The lowest BCUT2D eigenvalue weighted by atomic mass is 10.1. The number of para-hydroxylation sites is 1. The van der Waals surface area contributed by atoms with Gasteiger partial charge in [0.15, 0.2) is 0 Å². The Morgan fingerprint density at radius 2 is 1.57 bits per heavy atom. The van der Waals surface area contributed by atoms with E-state index in [0.717, 1.165) is 31.3 Å². The fraction of sp³-hybridized carbons (Fsp3) is 0.368. The van der Waals surface area contributed by atoms with E-state index < -0.39 is 0 Å². The lowest BCUT2D eigenvalue weighted by Crippen LogP contribution is -2.11. The summed E-state index contributed by atoms with van der Waals surface area (Å²) < 4.78 is 11.9. The predicted octanol–water partition coefficient (Wildman–Crippen LogP) is 4.62. The highest BCUT2D eigenvalue weighted by Crippen LogP contribution is 2.29. The second-order valence-corrected chi connectivity index (χ2v) is 5.64. The van der Waals surface area contributed by atoms with Gasteiger partial charge in [-0.3, -0.25) is 0 Å². The molecule has 0 spiro atoms. The van der Waals surface area contributed by atoms with Crippen molar-refractivity contribution in [2.45, 2.75) is 25.4 Å². The SMILES string of the molecule is c1ccc(OC(CCOCC2CC2)c2ccccc2)cc1. The maximum atomic E-state index is 6.14. The fourth-order valence-electron chi connectivity index (χ4n) is 2.35. The number of ether oxygens (including phenoxy) is 2. The second-order valence-electron chi connectivity index (χ2n) is 5.64. The van der Waals surface area contributed by atoms with Gasteiger partial charge < -0.3 is 9.47 Å². The Kier molecular flexibility index (Phi) is 4.90. The first kappa shape index (κ1) is 14.2. The van der Waals surface area contributed by atoms with Gasteiger partial charge in [-0.15, -0.1) is 0 Å². The summed E-state index contributed by atoms with van der Waals surface area (Å²) in [5.74, 6) is 1.73. The zero-order chi connectivity index (χ0) is 14.3. The molecule has 3 rings (SSSR count). The van der Waals surface area contributed by atoms with Gasteiger partial charge in [-0.1, -0.05) is 48.5 Å². The van der Waals surface area contributed by atoms with E-state index in [9.17, 15) is 0 Å². The average molecular weight is 282 g/mol. The Hall–Kier alpha value is -1.80. The van der Waals surface area contributed by atoms with Crippen molar-refractivity contribution in [2.75, 3.05) is 13.2 Å². The lowest BCUT2D eigenvalue weighted by Gasteiger charge is -2.19. The van der Waals surface area contributed by atoms with Crippen LogP contribution in [0.15, 0.2) is 60.7 Å². The summed E-state index contributed by atoms with van der Waals surface area (Å²) in [5.41, 5.74) is 1.20. The van der Waals surface area contributed by atoms with Crippen LogP contribution in [0.5, 0.6) is 5.75 Å². The van der Waals surface area contributed by atoms with Crippen molar-refractivity contribution < 1.29 is 9.47 Å². The van der Waals surface area contributed by atoms with Crippen LogP contribution >= 0.6 is 0 Å². The van der Waals surface area contributed by atoms with E-state index in [1.54, 1.807) is 0 Å². The van der Waals surface area contributed by atoms with Gasteiger partial charge in [0.1, 0.15) is 11.9 Å². The van der Waals surface area contributed by atoms with Gasteiger partial charge in [0.25, 0.3) is 0 Å². The minimum absolute atomic E-state index is 0.0489. The first-order valence-electron chi connectivity index (χ1n) is 7.76. The predicted molar refractivity (Wildman–Crippen MR) is 84.4 cm³/mol. The van der Waals surface area contributed by atoms with Crippen LogP contribution in [-0.4, -0.2) is 13.2 Å². The molecule has 1 aliphatic rings. The lowest BCUT2D eigenvalue weighted by molar-refractivity contribution is 0.0858. The first-order chi connectivity index (χ1) is 10.4. The van der Waals surface area contributed by atoms with Crippen molar-refractivity contribution in [3.05, 3.63) is 66.2 Å². The molecule has 0 heterocycles. The van der Waals surface area contributed by atoms with Crippen LogP contribution in [0.2, 0.25) is 0 Å². The minimum atomic E-state index is 0.0489. The van der Waals surface area contributed by atoms with E-state index in [4.69, 9.17) is 9.47 Å². The standard InChI is InChI=1S/C19H22O2/c1-3-7-17(8-4-1)19(13-14-20-15-16-11-12-16)21-18-9-5-2-6-10-18/h1-10,16,19H,11-15H2. The molecule has 1 aliphatic carbocycles. The summed E-state index contributed by atoms with van der Waals surface area (Å²) in [7, 11) is 0. The van der Waals surface area contributed by atoms with Crippen LogP contribution in [0.25, 0.3) is 0 Å². The van der Waals surface area contributed by atoms with Crippen LogP contribution in [0.1, 0.15) is 30.9 Å². The maximum Gasteiger partial charge on any atom is 0.126 e. The molecule has 0 amide bonds. The molecule has 2 aromatic carbocycles. The fourth-order valence-corrected chi connectivity index (χ4v) is 2.35. The normalized spacial score (nSPS) is 15.6. The average Bonchev–Trinajstić information content (AvgIpc) is 3.36. The van der Waals surface area contributed by atoms with E-state index in [1.807, 2.05) is 36.4 Å². The molecule has 110 valence electrons. The first-order valence-corrected chi connectivity index (χ1v) is 7.76. The Morgan fingerprint density at radius 3 is 2.24 bits per heavy atom. The van der Waals surface area contributed by atoms with Gasteiger partial charge in [-0.25, -0.2) is 0 Å². The van der Waals surface area contributed by atoms with Crippen LogP contribution < -0.4 is 4.74 Å². The van der Waals surface area contributed by atoms with Crippen molar-refractivity contribution >= 4 is 0 Å². The molecule has 21 heavy (non-hydrogen) atoms. The topological polar surface area (TPSA) is 18.5 Å². The van der Waals surface area contributed by atoms with E-state index >= 15 is 0 Å². The summed E-state index contributed by atoms with van der Waals surface area (Å²) in [6, 6.07) is 20.4. The summed E-state index contributed by atoms with van der Waals surface area (Å²) in [4.78, 5) is 0. The molecule has 0 N–H and O–H groups in total. The van der Waals surface area contributed by atoms with Crippen LogP contribution in [0.4, 0.5) is 0 Å². The molecule has 0 aliphatic heterocycles. The Labute approximate surface area is 126 Å². The van der Waals surface area contributed by atoms with Gasteiger partial charge in [0, 0.05) is 13.0 Å². The molecule has 1 atom stereocenters. The highest BCUT2D eigenvalue weighted by Gasteiger charge is 2.21. The third-order valence-corrected chi connectivity index (χ3v) is 3.77. The Bertz CT molecular complexity index is 520. The Balaban J connectivity index is 1.59. The van der Waals surface area contributed by atoms with Crippen molar-refractivity contribution in [2.24, 2.45) is 5.92 Å². The summed E-state index contributed by atoms with van der Waals surface area (Å²) >= 11 is 0. The van der Waals surface area contributed by atoms with Gasteiger partial charge in [0.05, 0.1) is 6.61 Å². The quantitative estimate of drug-likeness (QED) is 0.658. The largest absolute Gasteiger partial charge is 0.486 e. The molecule has 1 unspecified atom stereocenters. The van der Waals surface area contributed by atoms with E-state index in [1.165, 1.54) is 18.4 Å². The van der Waals surface area contributed by atoms with Crippen LogP contribution in [-0.2, 0) is 4.74 Å². The highest BCUT2D eigenvalue weighted by molar-refractivity contribution is 5.24. The summed E-state index contributed by atoms with van der Waals surface area (Å²) in [6.45, 7) is 1.66. The molecule has 2 aromatic rings. The third kappa shape index (κ3) is 4.61. The molecular weight excluding hydrogens is 260 g/mol. The zero-order valence-electron chi connectivity index (χ0n) is 12.3. The molecule has 0 radical (unpaired) electrons. The molecule has 1 fully saturated rings.